The van der Waals surface area contributed by atoms with Crippen molar-refractivity contribution in [1.82, 2.24) is 9.62 Å². The molecule has 2 atom stereocenters. The van der Waals surface area contributed by atoms with Crippen LogP contribution in [0.25, 0.3) is 0 Å². The monoisotopic (exact) mass is 278 g/mol. The minimum absolute atomic E-state index is 0.252. The SMILES string of the molecule is CCNCC(C)(O)CC1CCCN(S(C)(=O)=O)C1. The van der Waals surface area contributed by atoms with Crippen molar-refractivity contribution in [2.45, 2.75) is 38.7 Å². The van der Waals surface area contributed by atoms with Crippen LogP contribution in [0.5, 0.6) is 0 Å². The van der Waals surface area contributed by atoms with Gasteiger partial charge < -0.3 is 10.4 Å². The molecule has 1 aliphatic rings. The Morgan fingerprint density at radius 3 is 2.72 bits per heavy atom. The van der Waals surface area contributed by atoms with Gasteiger partial charge in [0.1, 0.15) is 0 Å². The summed E-state index contributed by atoms with van der Waals surface area (Å²) in [5.74, 6) is 0.252. The minimum Gasteiger partial charge on any atom is -0.389 e. The number of hydrogen-bond acceptors (Lipinski definition) is 4. The lowest BCUT2D eigenvalue weighted by molar-refractivity contribution is 0.0257. The van der Waals surface area contributed by atoms with Crippen LogP contribution in [0.4, 0.5) is 0 Å². The molecule has 0 aromatic rings. The highest BCUT2D eigenvalue weighted by Crippen LogP contribution is 2.26. The van der Waals surface area contributed by atoms with E-state index < -0.39 is 15.6 Å². The molecule has 2 unspecified atom stereocenters. The Kier molecular flexibility index (Phi) is 5.58. The second-order valence-corrected chi connectivity index (χ2v) is 7.59. The summed E-state index contributed by atoms with van der Waals surface area (Å²) in [5, 5.41) is 13.4. The third-order valence-electron chi connectivity index (χ3n) is 3.43. The molecule has 0 saturated carbocycles. The van der Waals surface area contributed by atoms with E-state index in [2.05, 4.69) is 5.32 Å². The molecule has 0 spiro atoms. The number of nitrogens with zero attached hydrogens (tertiary/aromatic N) is 1. The zero-order chi connectivity index (χ0) is 13.8. The second kappa shape index (κ2) is 6.32. The number of nitrogens with one attached hydrogen (secondary N) is 1. The van der Waals surface area contributed by atoms with Gasteiger partial charge in [-0.15, -0.1) is 0 Å². The smallest absolute Gasteiger partial charge is 0.211 e. The number of aliphatic hydroxyl groups is 1. The highest BCUT2D eigenvalue weighted by Gasteiger charge is 2.31. The maximum Gasteiger partial charge on any atom is 0.211 e. The van der Waals surface area contributed by atoms with Crippen LogP contribution >= 0.6 is 0 Å². The lowest BCUT2D eigenvalue weighted by Crippen LogP contribution is -2.44. The molecule has 0 aliphatic carbocycles. The van der Waals surface area contributed by atoms with Crippen molar-refractivity contribution < 1.29 is 13.5 Å². The van der Waals surface area contributed by atoms with Crippen molar-refractivity contribution in [1.29, 1.82) is 0 Å². The zero-order valence-electron chi connectivity index (χ0n) is 11.6. The van der Waals surface area contributed by atoms with E-state index in [1.54, 1.807) is 0 Å². The van der Waals surface area contributed by atoms with Crippen LogP contribution in [0.1, 0.15) is 33.1 Å². The van der Waals surface area contributed by atoms with Crippen molar-refractivity contribution in [2.24, 2.45) is 5.92 Å². The molecule has 1 heterocycles. The van der Waals surface area contributed by atoms with Crippen molar-refractivity contribution >= 4 is 10.0 Å². The number of likely N-dealkylation sites (N-methyl/N-ethyl adjacent to an activating group) is 1. The first-order valence-corrected chi connectivity index (χ1v) is 8.47. The van der Waals surface area contributed by atoms with Crippen LogP contribution in [0.2, 0.25) is 0 Å². The zero-order valence-corrected chi connectivity index (χ0v) is 12.5. The predicted molar refractivity (Wildman–Crippen MR) is 72.9 cm³/mol. The van der Waals surface area contributed by atoms with E-state index in [0.717, 1.165) is 19.4 Å². The van der Waals surface area contributed by atoms with E-state index in [0.29, 0.717) is 26.1 Å². The van der Waals surface area contributed by atoms with Gasteiger partial charge in [-0.2, -0.15) is 0 Å². The summed E-state index contributed by atoms with van der Waals surface area (Å²) < 4.78 is 24.6. The lowest BCUT2D eigenvalue weighted by Gasteiger charge is -2.35. The molecule has 0 aromatic heterocycles. The number of hydrogen-bond donors (Lipinski definition) is 2. The summed E-state index contributed by atoms with van der Waals surface area (Å²) in [6.07, 6.45) is 3.78. The highest BCUT2D eigenvalue weighted by atomic mass is 32.2. The summed E-state index contributed by atoms with van der Waals surface area (Å²) in [4.78, 5) is 0. The Hall–Kier alpha value is -0.170. The van der Waals surface area contributed by atoms with Crippen LogP contribution in [0.3, 0.4) is 0 Å². The van der Waals surface area contributed by atoms with Gasteiger partial charge in [0.15, 0.2) is 0 Å². The predicted octanol–water partition coefficient (Wildman–Crippen LogP) is 0.409. The molecule has 1 rings (SSSR count). The van der Waals surface area contributed by atoms with E-state index in [9.17, 15) is 13.5 Å². The largest absolute Gasteiger partial charge is 0.389 e. The summed E-state index contributed by atoms with van der Waals surface area (Å²) in [7, 11) is -3.10. The Morgan fingerprint density at radius 1 is 1.50 bits per heavy atom. The molecule has 108 valence electrons. The van der Waals surface area contributed by atoms with Crippen LogP contribution < -0.4 is 5.32 Å². The van der Waals surface area contributed by atoms with Gasteiger partial charge in [0.2, 0.25) is 10.0 Å². The third kappa shape index (κ3) is 5.22. The minimum atomic E-state index is -3.10. The fourth-order valence-corrected chi connectivity index (χ4v) is 3.53. The fourth-order valence-electron chi connectivity index (χ4n) is 2.58. The molecule has 1 fully saturated rings. The van der Waals surface area contributed by atoms with Gasteiger partial charge in [-0.25, -0.2) is 12.7 Å². The number of sulfonamides is 1. The molecule has 6 heteroatoms. The van der Waals surface area contributed by atoms with Gasteiger partial charge >= 0.3 is 0 Å². The Morgan fingerprint density at radius 2 is 2.17 bits per heavy atom. The molecule has 0 bridgehead atoms. The molecule has 0 radical (unpaired) electrons. The Bertz CT molecular complexity index is 354. The molecule has 18 heavy (non-hydrogen) atoms. The van der Waals surface area contributed by atoms with Gasteiger partial charge in [0.05, 0.1) is 11.9 Å². The molecule has 5 nitrogen and oxygen atoms in total. The van der Waals surface area contributed by atoms with E-state index in [1.165, 1.54) is 10.6 Å². The molecule has 2 N–H and O–H groups in total. The average Bonchev–Trinajstić information content (AvgIpc) is 2.25. The fraction of sp³-hybridized carbons (Fsp3) is 1.00. The molecular weight excluding hydrogens is 252 g/mol. The summed E-state index contributed by atoms with van der Waals surface area (Å²) in [5.41, 5.74) is -0.763. The van der Waals surface area contributed by atoms with E-state index in [1.807, 2.05) is 13.8 Å². The molecule has 0 amide bonds. The van der Waals surface area contributed by atoms with Gasteiger partial charge in [0.25, 0.3) is 0 Å². The molecule has 1 saturated heterocycles. The number of piperidine rings is 1. The second-order valence-electron chi connectivity index (χ2n) is 5.61. The van der Waals surface area contributed by atoms with Crippen molar-refractivity contribution in [3.63, 3.8) is 0 Å². The Balaban J connectivity index is 2.52. The molecule has 1 aliphatic heterocycles. The first kappa shape index (κ1) is 15.9. The third-order valence-corrected chi connectivity index (χ3v) is 4.70. The maximum absolute atomic E-state index is 11.5. The van der Waals surface area contributed by atoms with Gasteiger partial charge in [-0.05, 0) is 38.6 Å². The van der Waals surface area contributed by atoms with Gasteiger partial charge in [0, 0.05) is 19.6 Å². The summed E-state index contributed by atoms with van der Waals surface area (Å²) in [6, 6.07) is 0. The first-order chi connectivity index (χ1) is 8.24. The van der Waals surface area contributed by atoms with Crippen molar-refractivity contribution in [3.05, 3.63) is 0 Å². The summed E-state index contributed by atoms with van der Waals surface area (Å²) in [6.45, 7) is 6.36. The quantitative estimate of drug-likeness (QED) is 0.738. The standard InChI is InChI=1S/C12H26N2O3S/c1-4-13-10-12(2,15)8-11-6-5-7-14(9-11)18(3,16)17/h11,13,15H,4-10H2,1-3H3. The van der Waals surface area contributed by atoms with E-state index in [4.69, 9.17) is 0 Å². The van der Waals surface area contributed by atoms with Crippen molar-refractivity contribution in [2.75, 3.05) is 32.4 Å². The highest BCUT2D eigenvalue weighted by molar-refractivity contribution is 7.88. The Labute approximate surface area is 111 Å². The van der Waals surface area contributed by atoms with E-state index in [-0.39, 0.29) is 5.92 Å². The van der Waals surface area contributed by atoms with Crippen LogP contribution in [-0.4, -0.2) is 55.9 Å². The first-order valence-electron chi connectivity index (χ1n) is 6.63. The number of rotatable bonds is 6. The molecular formula is C12H26N2O3S. The van der Waals surface area contributed by atoms with Crippen LogP contribution in [0, 0.1) is 5.92 Å². The summed E-state index contributed by atoms with van der Waals surface area (Å²) >= 11 is 0. The van der Waals surface area contributed by atoms with Crippen molar-refractivity contribution in [3.8, 4) is 0 Å². The van der Waals surface area contributed by atoms with E-state index >= 15 is 0 Å². The average molecular weight is 278 g/mol. The lowest BCUT2D eigenvalue weighted by atomic mass is 9.87. The van der Waals surface area contributed by atoms with Crippen LogP contribution in [0.15, 0.2) is 0 Å². The van der Waals surface area contributed by atoms with Crippen LogP contribution in [-0.2, 0) is 10.0 Å². The normalized spacial score (nSPS) is 25.9. The molecule has 0 aromatic carbocycles. The van der Waals surface area contributed by atoms with Gasteiger partial charge in [-0.1, -0.05) is 6.92 Å². The topological polar surface area (TPSA) is 69.6 Å². The maximum atomic E-state index is 11.5. The van der Waals surface area contributed by atoms with Gasteiger partial charge in [-0.3, -0.25) is 0 Å².